The fourth-order valence-electron chi connectivity index (χ4n) is 5.33. The molecule has 0 aromatic heterocycles. The Morgan fingerprint density at radius 2 is 0.854 bits per heavy atom. The van der Waals surface area contributed by atoms with E-state index in [1.807, 2.05) is 11.9 Å². The molecule has 238 valence electrons. The van der Waals surface area contributed by atoms with E-state index in [1.54, 1.807) is 0 Å². The Morgan fingerprint density at radius 3 is 1.27 bits per heavy atom. The normalized spacial score (nSPS) is 11.0. The molecule has 0 aliphatic rings. The van der Waals surface area contributed by atoms with Gasteiger partial charge in [0.05, 0.1) is 0 Å². The van der Waals surface area contributed by atoms with Crippen LogP contribution in [0, 0.1) is 0 Å². The third-order valence-corrected chi connectivity index (χ3v) is 9.28. The van der Waals surface area contributed by atoms with Crippen LogP contribution in [-0.2, 0) is 9.59 Å². The first-order chi connectivity index (χ1) is 19.6. The number of carbonyl (C=O) groups is 2. The third-order valence-electron chi connectivity index (χ3n) is 8.12. The molecule has 0 atom stereocenters. The molecule has 0 aromatic carbocycles. The van der Waals surface area contributed by atoms with E-state index in [0.29, 0.717) is 12.3 Å². The molecule has 0 fully saturated rings. The van der Waals surface area contributed by atoms with Crippen molar-refractivity contribution in [2.24, 2.45) is 0 Å². The van der Waals surface area contributed by atoms with Gasteiger partial charge in [0, 0.05) is 26.0 Å². The molecule has 6 heteroatoms. The second kappa shape index (κ2) is 36.5. The fraction of sp³-hybridized carbons (Fsp3) is 0.943. The maximum atomic E-state index is 12.3. The van der Waals surface area contributed by atoms with E-state index < -0.39 is 5.97 Å². The predicted molar refractivity (Wildman–Crippen MR) is 175 cm³/mol. The van der Waals surface area contributed by atoms with Gasteiger partial charge in [0.2, 0.25) is 5.91 Å². The Kier molecular flexibility index (Phi) is 38.6. The van der Waals surface area contributed by atoms with Gasteiger partial charge >= 0.3 is 29.6 Å². The van der Waals surface area contributed by atoms with Crippen molar-refractivity contribution < 1.29 is 44.3 Å². The monoisotopic (exact) mass is 605 g/mol. The van der Waals surface area contributed by atoms with Crippen molar-refractivity contribution in [3.63, 3.8) is 0 Å². The Morgan fingerprint density at radius 1 is 0.512 bits per heavy atom. The molecule has 41 heavy (non-hydrogen) atoms. The van der Waals surface area contributed by atoms with Crippen molar-refractivity contribution >= 4 is 23.6 Å². The number of carbonyl (C=O) groups excluding carboxylic acids is 2. The van der Waals surface area contributed by atoms with Gasteiger partial charge in [-0.25, -0.2) is 0 Å². The van der Waals surface area contributed by atoms with Crippen LogP contribution in [0.15, 0.2) is 0 Å². The van der Waals surface area contributed by atoms with Crippen LogP contribution in [0.3, 0.4) is 0 Å². The zero-order valence-electron chi connectivity index (χ0n) is 28.0. The molecule has 0 aliphatic heterocycles. The topological polar surface area (TPSA) is 60.4 Å². The van der Waals surface area contributed by atoms with Gasteiger partial charge in [-0.15, -0.1) is 0 Å². The molecular weight excluding hydrogens is 537 g/mol. The van der Waals surface area contributed by atoms with Gasteiger partial charge in [0.25, 0.3) is 0 Å². The molecule has 0 saturated carbocycles. The summed E-state index contributed by atoms with van der Waals surface area (Å²) in [5, 5.41) is 10.4. The van der Waals surface area contributed by atoms with Crippen molar-refractivity contribution in [1.82, 2.24) is 4.90 Å². The first-order valence-corrected chi connectivity index (χ1v) is 18.7. The Hall–Kier alpha value is 0.290. The minimum absolute atomic E-state index is 0. The molecule has 0 bridgehead atoms. The average molecular weight is 606 g/mol. The van der Waals surface area contributed by atoms with E-state index in [9.17, 15) is 14.7 Å². The van der Waals surface area contributed by atoms with Gasteiger partial charge < -0.3 is 14.8 Å². The fourth-order valence-corrected chi connectivity index (χ4v) is 6.35. The minimum Gasteiger partial charge on any atom is -0.550 e. The summed E-state index contributed by atoms with van der Waals surface area (Å²) in [6.07, 6.45) is 34.3. The molecular formula is C35H68NNaO3S. The zero-order chi connectivity index (χ0) is 29.4. The van der Waals surface area contributed by atoms with Gasteiger partial charge in [-0.1, -0.05) is 142 Å². The molecule has 0 saturated heterocycles. The van der Waals surface area contributed by atoms with Gasteiger partial charge in [0.1, 0.15) is 0 Å². The maximum Gasteiger partial charge on any atom is 1.00 e. The van der Waals surface area contributed by atoms with Gasteiger partial charge in [-0.05, 0) is 50.0 Å². The smallest absolute Gasteiger partial charge is 0.550 e. The first-order valence-electron chi connectivity index (χ1n) is 17.6. The quantitative estimate of drug-likeness (QED) is 0.0605. The van der Waals surface area contributed by atoms with Crippen LogP contribution >= 0.6 is 11.8 Å². The number of aliphatic carboxylic acids is 1. The number of hydrogen-bond donors (Lipinski definition) is 0. The molecule has 0 unspecified atom stereocenters. The van der Waals surface area contributed by atoms with E-state index in [1.165, 1.54) is 146 Å². The summed E-state index contributed by atoms with van der Waals surface area (Å²) in [4.78, 5) is 24.6. The molecule has 0 rings (SSSR count). The Balaban J connectivity index is 0. The van der Waals surface area contributed by atoms with Gasteiger partial charge in [0.15, 0.2) is 0 Å². The van der Waals surface area contributed by atoms with Crippen LogP contribution in [0.25, 0.3) is 0 Å². The largest absolute Gasteiger partial charge is 1.00 e. The summed E-state index contributed by atoms with van der Waals surface area (Å²) in [6.45, 7) is 3.17. The number of unbranched alkanes of at least 4 members (excludes halogenated alkanes) is 23. The Bertz CT molecular complexity index is 550. The third kappa shape index (κ3) is 36.4. The van der Waals surface area contributed by atoms with Crippen molar-refractivity contribution in [3.05, 3.63) is 0 Å². The van der Waals surface area contributed by atoms with Crippen LogP contribution in [0.1, 0.15) is 187 Å². The summed E-state index contributed by atoms with van der Waals surface area (Å²) in [6, 6.07) is 0. The number of thioether (sulfide) groups is 1. The number of hydrogen-bond acceptors (Lipinski definition) is 4. The van der Waals surface area contributed by atoms with Crippen LogP contribution in [-0.4, -0.2) is 41.9 Å². The second-order valence-corrected chi connectivity index (χ2v) is 13.4. The zero-order valence-corrected chi connectivity index (χ0v) is 30.8. The van der Waals surface area contributed by atoms with E-state index >= 15 is 0 Å². The summed E-state index contributed by atoms with van der Waals surface area (Å²) >= 11 is 2.17. The maximum absolute atomic E-state index is 12.3. The van der Waals surface area contributed by atoms with Gasteiger partial charge in [-0.2, -0.15) is 11.8 Å². The molecule has 0 spiro atoms. The molecule has 0 aliphatic carbocycles. The second-order valence-electron chi connectivity index (χ2n) is 12.1. The molecule has 0 radical (unpaired) electrons. The van der Waals surface area contributed by atoms with Crippen molar-refractivity contribution in [2.75, 3.05) is 25.1 Å². The number of nitrogens with zero attached hydrogens (tertiary/aromatic N) is 1. The number of carboxylic acids is 1. The van der Waals surface area contributed by atoms with Crippen molar-refractivity contribution in [2.45, 2.75) is 187 Å². The SMILES string of the molecule is CCCCCCCCCCCCSCCCCCCCCCCC(=O)N(C)CCCCCCCCCCC(=O)[O-].[Na+]. The molecule has 1 amide bonds. The predicted octanol–water partition coefficient (Wildman–Crippen LogP) is 6.87. The van der Waals surface area contributed by atoms with Crippen LogP contribution in [0.2, 0.25) is 0 Å². The number of amides is 1. The van der Waals surface area contributed by atoms with E-state index in [0.717, 1.165) is 38.6 Å². The van der Waals surface area contributed by atoms with E-state index in [2.05, 4.69) is 18.7 Å². The average Bonchev–Trinajstić information content (AvgIpc) is 2.94. The molecule has 0 N–H and O–H groups in total. The summed E-state index contributed by atoms with van der Waals surface area (Å²) in [5.74, 6) is 2.09. The van der Waals surface area contributed by atoms with E-state index in [-0.39, 0.29) is 36.0 Å². The van der Waals surface area contributed by atoms with Crippen LogP contribution < -0.4 is 34.7 Å². The Labute approximate surface area is 283 Å². The molecule has 0 aromatic rings. The van der Waals surface area contributed by atoms with Crippen molar-refractivity contribution in [1.29, 1.82) is 0 Å². The summed E-state index contributed by atoms with van der Waals surface area (Å²) in [5.41, 5.74) is 0. The number of carboxylic acid groups (broad SMARTS) is 1. The molecule has 0 heterocycles. The van der Waals surface area contributed by atoms with Crippen LogP contribution in [0.5, 0.6) is 0 Å². The standard InChI is InChI=1S/C35H69NO3S.Na/c1-3-4-5-6-7-8-12-17-22-27-32-40-33-28-23-18-13-10-14-19-24-29-34(37)36(2)31-26-21-16-11-9-15-20-25-30-35(38)39;/h3-33H2,1-2H3,(H,38,39);/q;+1/p-1. The minimum atomic E-state index is -0.932. The first kappa shape index (κ1) is 43.4. The number of rotatable bonds is 33. The summed E-state index contributed by atoms with van der Waals surface area (Å²) < 4.78 is 0. The van der Waals surface area contributed by atoms with Crippen molar-refractivity contribution in [3.8, 4) is 0 Å². The summed E-state index contributed by atoms with van der Waals surface area (Å²) in [7, 11) is 1.95. The van der Waals surface area contributed by atoms with Crippen LogP contribution in [0.4, 0.5) is 0 Å². The molecule has 4 nitrogen and oxygen atoms in total. The van der Waals surface area contributed by atoms with E-state index in [4.69, 9.17) is 0 Å². The van der Waals surface area contributed by atoms with Gasteiger partial charge in [-0.3, -0.25) is 4.79 Å².